The topological polar surface area (TPSA) is 236 Å². The Bertz CT molecular complexity index is 1850. The van der Waals surface area contributed by atoms with Gasteiger partial charge in [0.05, 0.1) is 19.5 Å². The van der Waals surface area contributed by atoms with Crippen molar-refractivity contribution >= 4 is 47.3 Å². The van der Waals surface area contributed by atoms with E-state index in [1.807, 2.05) is 38.0 Å². The highest BCUT2D eigenvalue weighted by molar-refractivity contribution is 5.91. The van der Waals surface area contributed by atoms with Crippen LogP contribution in [0.4, 0.5) is 0 Å². The molecule has 0 radical (unpaired) electrons. The van der Waals surface area contributed by atoms with E-state index >= 15 is 0 Å². The average molecular weight is 1180 g/mol. The van der Waals surface area contributed by atoms with Crippen molar-refractivity contribution < 1.29 is 43.1 Å². The van der Waals surface area contributed by atoms with Gasteiger partial charge in [0.15, 0.2) is 0 Å². The lowest BCUT2D eigenvalue weighted by Gasteiger charge is -2.19. The van der Waals surface area contributed by atoms with Crippen LogP contribution in [0.15, 0.2) is 48.6 Å². The number of nitrogens with one attached hydrogen (secondary N) is 7. The zero-order chi connectivity index (χ0) is 61.9. The molecule has 0 heterocycles. The second kappa shape index (κ2) is 58.0. The average Bonchev–Trinajstić information content (AvgIpc) is 3.55. The van der Waals surface area contributed by atoms with Crippen LogP contribution >= 0.6 is 0 Å². The third-order valence-corrected chi connectivity index (χ3v) is 14.0. The van der Waals surface area contributed by atoms with Crippen LogP contribution in [0.3, 0.4) is 0 Å². The first-order chi connectivity index (χ1) is 40.7. The van der Waals surface area contributed by atoms with Crippen LogP contribution < -0.4 is 37.2 Å². The monoisotopic (exact) mass is 1180 g/mol. The quantitative estimate of drug-likeness (QED) is 0.0172. The van der Waals surface area contributed by atoms with Crippen molar-refractivity contribution in [2.24, 2.45) is 0 Å². The fourth-order valence-corrected chi connectivity index (χ4v) is 8.95. The van der Waals surface area contributed by atoms with Gasteiger partial charge in [0.2, 0.25) is 41.4 Å². The van der Waals surface area contributed by atoms with E-state index in [0.717, 1.165) is 109 Å². The Kier molecular flexibility index (Phi) is 54.3. The van der Waals surface area contributed by atoms with Gasteiger partial charge >= 0.3 is 5.97 Å². The zero-order valence-corrected chi connectivity index (χ0v) is 53.5. The second-order valence-corrected chi connectivity index (χ2v) is 22.7. The van der Waals surface area contributed by atoms with Crippen molar-refractivity contribution in [1.82, 2.24) is 47.0 Å². The molecule has 0 aromatic carbocycles. The standard InChI is InChI=1S/C66H119N9O9/c1-7-9-11-13-15-17-19-21-23-25-27-29-31-33-35-37-49-67-60(77)46-45-58(65(82)70-50-38-36-34-32-30-28-26-24-22-20-18-16-14-12-10-8-2)73-62(79)47-48-64(81)84-55-52-69-63(80)56-71-66(83)57(72-61(78)44-41-54-75(5)6)42-39-51-68-59(76)43-40-53-74(3)4/h15-18,21-24,57-58H,7-14,19-20,25-56H2,1-6H3,(H,67,77)(H,68,76)(H,69,80)(H,70,82)(H,71,83)(H,72,78)(H,73,79)/b17-15-,18-16-,23-21-,24-22-. The van der Waals surface area contributed by atoms with E-state index in [1.54, 1.807) is 0 Å². The van der Waals surface area contributed by atoms with Gasteiger partial charge in [0.25, 0.3) is 0 Å². The zero-order valence-electron chi connectivity index (χ0n) is 53.5. The number of allylic oxidation sites excluding steroid dienone is 8. The fourth-order valence-electron chi connectivity index (χ4n) is 8.95. The first-order valence-corrected chi connectivity index (χ1v) is 32.7. The summed E-state index contributed by atoms with van der Waals surface area (Å²) >= 11 is 0. The Morgan fingerprint density at radius 2 is 0.774 bits per heavy atom. The summed E-state index contributed by atoms with van der Waals surface area (Å²) in [5.74, 6) is -3.23. The van der Waals surface area contributed by atoms with Crippen LogP contribution in [0, 0.1) is 0 Å². The lowest BCUT2D eigenvalue weighted by Crippen LogP contribution is -2.49. The number of carbonyl (C=O) groups is 8. The van der Waals surface area contributed by atoms with Crippen LogP contribution in [0.25, 0.3) is 0 Å². The largest absolute Gasteiger partial charge is 0.464 e. The first-order valence-electron chi connectivity index (χ1n) is 32.7. The minimum atomic E-state index is -0.961. The van der Waals surface area contributed by atoms with Gasteiger partial charge in [-0.25, -0.2) is 0 Å². The number of nitrogens with zero attached hydrogens (tertiary/aromatic N) is 2. The van der Waals surface area contributed by atoms with Gasteiger partial charge in [0, 0.05) is 45.3 Å². The number of ether oxygens (including phenoxy) is 1. The van der Waals surface area contributed by atoms with E-state index in [9.17, 15) is 38.4 Å². The van der Waals surface area contributed by atoms with E-state index < -0.39 is 35.8 Å². The highest BCUT2D eigenvalue weighted by Gasteiger charge is 2.23. The van der Waals surface area contributed by atoms with Gasteiger partial charge in [-0.15, -0.1) is 0 Å². The molecule has 482 valence electrons. The minimum Gasteiger partial charge on any atom is -0.464 e. The summed E-state index contributed by atoms with van der Waals surface area (Å²) < 4.78 is 5.24. The van der Waals surface area contributed by atoms with Crippen LogP contribution in [0.2, 0.25) is 0 Å². The molecule has 84 heavy (non-hydrogen) atoms. The summed E-state index contributed by atoms with van der Waals surface area (Å²) in [5.41, 5.74) is 0. The number of carbonyl (C=O) groups excluding carboxylic acids is 8. The molecule has 2 unspecified atom stereocenters. The number of hydrogen-bond donors (Lipinski definition) is 7. The molecule has 0 rings (SSSR count). The van der Waals surface area contributed by atoms with Gasteiger partial charge in [-0.3, -0.25) is 38.4 Å². The van der Waals surface area contributed by atoms with Gasteiger partial charge in [-0.2, -0.15) is 0 Å². The molecule has 0 spiro atoms. The van der Waals surface area contributed by atoms with Crippen molar-refractivity contribution in [1.29, 1.82) is 0 Å². The van der Waals surface area contributed by atoms with Crippen molar-refractivity contribution in [3.63, 3.8) is 0 Å². The van der Waals surface area contributed by atoms with Gasteiger partial charge in [0.1, 0.15) is 18.7 Å². The Labute approximate surface area is 508 Å². The molecule has 0 aromatic rings. The molecule has 0 saturated heterocycles. The molecule has 0 bridgehead atoms. The normalized spacial score (nSPS) is 12.3. The van der Waals surface area contributed by atoms with Crippen LogP contribution in [0.5, 0.6) is 0 Å². The van der Waals surface area contributed by atoms with E-state index in [0.29, 0.717) is 45.4 Å². The minimum absolute atomic E-state index is 0.0517. The maximum Gasteiger partial charge on any atom is 0.306 e. The number of esters is 1. The molecule has 0 aliphatic rings. The summed E-state index contributed by atoms with van der Waals surface area (Å²) in [6.45, 7) is 6.65. The molecule has 0 fully saturated rings. The number of hydrogen-bond acceptors (Lipinski definition) is 11. The third-order valence-electron chi connectivity index (χ3n) is 14.0. The van der Waals surface area contributed by atoms with Crippen molar-refractivity contribution in [2.75, 3.05) is 80.6 Å². The lowest BCUT2D eigenvalue weighted by molar-refractivity contribution is -0.145. The lowest BCUT2D eigenvalue weighted by atomic mass is 10.1. The first kappa shape index (κ1) is 78.6. The highest BCUT2D eigenvalue weighted by Crippen LogP contribution is 2.11. The van der Waals surface area contributed by atoms with Gasteiger partial charge < -0.3 is 51.8 Å². The number of rotatable bonds is 57. The predicted octanol–water partition coefficient (Wildman–Crippen LogP) is 9.73. The molecular formula is C66H119N9O9. The van der Waals surface area contributed by atoms with Crippen LogP contribution in [0.1, 0.15) is 232 Å². The summed E-state index contributed by atoms with van der Waals surface area (Å²) in [5, 5.41) is 19.4. The summed E-state index contributed by atoms with van der Waals surface area (Å²) in [4.78, 5) is 107. The van der Waals surface area contributed by atoms with E-state index in [2.05, 4.69) is 99.7 Å². The van der Waals surface area contributed by atoms with Crippen molar-refractivity contribution in [3.8, 4) is 0 Å². The third kappa shape index (κ3) is 54.6. The van der Waals surface area contributed by atoms with Gasteiger partial charge in [-0.05, 0) is 150 Å². The van der Waals surface area contributed by atoms with Crippen LogP contribution in [-0.4, -0.2) is 150 Å². The SMILES string of the molecule is CCCCC/C=C\C/C=C\CCCCCCCCNC(=O)CCC(NC(=O)CCC(=O)OCCNC(=O)CNC(=O)C(CCCNC(=O)CCCN(C)C)NC(=O)CCCN(C)C)C(=O)NCCCCCCCC/C=C\C/C=C\CCCCC. The molecule has 7 N–H and O–H groups in total. The smallest absolute Gasteiger partial charge is 0.306 e. The molecule has 0 aromatic heterocycles. The van der Waals surface area contributed by atoms with Gasteiger partial charge in [-0.1, -0.05) is 140 Å². The van der Waals surface area contributed by atoms with Crippen molar-refractivity contribution in [3.05, 3.63) is 48.6 Å². The molecule has 18 heteroatoms. The summed E-state index contributed by atoms with van der Waals surface area (Å²) in [6, 6.07) is -1.87. The fraction of sp³-hybridized carbons (Fsp3) is 0.758. The molecule has 0 saturated carbocycles. The van der Waals surface area contributed by atoms with E-state index in [1.165, 1.54) is 57.8 Å². The Morgan fingerprint density at radius 3 is 1.29 bits per heavy atom. The summed E-state index contributed by atoms with van der Waals surface area (Å²) in [7, 11) is 7.70. The highest BCUT2D eigenvalue weighted by atomic mass is 16.5. The maximum atomic E-state index is 13.4. The molecule has 18 nitrogen and oxygen atoms in total. The molecular weight excluding hydrogens is 1060 g/mol. The van der Waals surface area contributed by atoms with Crippen molar-refractivity contribution in [2.45, 2.75) is 244 Å². The number of unbranched alkanes of at least 4 members (excludes halogenated alkanes) is 18. The summed E-state index contributed by atoms with van der Waals surface area (Å²) in [6.07, 6.45) is 47.4. The van der Waals surface area contributed by atoms with E-state index in [-0.39, 0.29) is 81.9 Å². The second-order valence-electron chi connectivity index (χ2n) is 22.7. The molecule has 2 atom stereocenters. The predicted molar refractivity (Wildman–Crippen MR) is 342 cm³/mol. The Morgan fingerprint density at radius 1 is 0.369 bits per heavy atom. The molecule has 7 amide bonds. The van der Waals surface area contributed by atoms with Crippen LogP contribution in [-0.2, 0) is 43.1 Å². The number of amides is 7. The van der Waals surface area contributed by atoms with E-state index in [4.69, 9.17) is 4.74 Å². The Balaban J connectivity index is 4.97. The maximum absolute atomic E-state index is 13.4. The molecule has 0 aliphatic heterocycles. The molecule has 0 aliphatic carbocycles. The Hall–Kier alpha value is -5.36.